The molecular formula is C12H14F2N2O. The molecule has 1 saturated heterocycles. The second-order valence-electron chi connectivity index (χ2n) is 4.12. The number of carbonyl (C=O) groups excluding carboxylic acids is 1. The average molecular weight is 240 g/mol. The van der Waals surface area contributed by atoms with E-state index in [0.29, 0.717) is 0 Å². The molecule has 0 aliphatic carbocycles. The van der Waals surface area contributed by atoms with E-state index in [0.717, 1.165) is 44.0 Å². The third kappa shape index (κ3) is 3.00. The lowest BCUT2D eigenvalue weighted by atomic mass is 10.0. The first kappa shape index (κ1) is 12.0. The third-order valence-corrected chi connectivity index (χ3v) is 2.81. The van der Waals surface area contributed by atoms with E-state index in [4.69, 9.17) is 0 Å². The third-order valence-electron chi connectivity index (χ3n) is 2.81. The van der Waals surface area contributed by atoms with Crippen molar-refractivity contribution in [2.24, 2.45) is 0 Å². The van der Waals surface area contributed by atoms with Gasteiger partial charge in [0.05, 0.1) is 11.7 Å². The van der Waals surface area contributed by atoms with Gasteiger partial charge in [0, 0.05) is 6.07 Å². The quantitative estimate of drug-likeness (QED) is 0.830. The highest BCUT2D eigenvalue weighted by atomic mass is 19.1. The van der Waals surface area contributed by atoms with Gasteiger partial charge in [0.25, 0.3) is 0 Å². The highest BCUT2D eigenvalue weighted by Gasteiger charge is 2.21. The van der Waals surface area contributed by atoms with Crippen LogP contribution in [0.1, 0.15) is 19.3 Å². The van der Waals surface area contributed by atoms with Crippen molar-refractivity contribution in [2.75, 3.05) is 11.9 Å². The predicted molar refractivity (Wildman–Crippen MR) is 60.6 cm³/mol. The fourth-order valence-electron chi connectivity index (χ4n) is 1.89. The molecule has 1 aromatic carbocycles. The van der Waals surface area contributed by atoms with Crippen LogP contribution in [0.4, 0.5) is 14.5 Å². The molecule has 0 bridgehead atoms. The van der Waals surface area contributed by atoms with Crippen molar-refractivity contribution in [1.82, 2.24) is 5.32 Å². The molecule has 1 amide bonds. The number of hydrogen-bond donors (Lipinski definition) is 2. The molecule has 0 saturated carbocycles. The van der Waals surface area contributed by atoms with Crippen LogP contribution in [0.15, 0.2) is 18.2 Å². The van der Waals surface area contributed by atoms with E-state index in [-0.39, 0.29) is 17.6 Å². The average Bonchev–Trinajstić information content (AvgIpc) is 2.35. The van der Waals surface area contributed by atoms with Gasteiger partial charge in [-0.2, -0.15) is 0 Å². The summed E-state index contributed by atoms with van der Waals surface area (Å²) in [6.45, 7) is 0.781. The number of piperidine rings is 1. The zero-order chi connectivity index (χ0) is 12.3. The van der Waals surface area contributed by atoms with E-state index in [1.807, 2.05) is 0 Å². The summed E-state index contributed by atoms with van der Waals surface area (Å²) >= 11 is 0. The maximum absolute atomic E-state index is 13.3. The molecular weight excluding hydrogens is 226 g/mol. The number of carbonyl (C=O) groups is 1. The van der Waals surface area contributed by atoms with Crippen LogP contribution < -0.4 is 10.6 Å². The van der Waals surface area contributed by atoms with Gasteiger partial charge in [-0.3, -0.25) is 4.79 Å². The van der Waals surface area contributed by atoms with Gasteiger partial charge < -0.3 is 10.6 Å². The van der Waals surface area contributed by atoms with Crippen molar-refractivity contribution in [2.45, 2.75) is 25.3 Å². The van der Waals surface area contributed by atoms with Crippen LogP contribution in [-0.4, -0.2) is 18.5 Å². The largest absolute Gasteiger partial charge is 0.322 e. The van der Waals surface area contributed by atoms with Gasteiger partial charge in [0.1, 0.15) is 11.6 Å². The van der Waals surface area contributed by atoms with Gasteiger partial charge in [-0.1, -0.05) is 6.42 Å². The number of rotatable bonds is 2. The summed E-state index contributed by atoms with van der Waals surface area (Å²) in [5.41, 5.74) is -0.109. The molecule has 92 valence electrons. The number of nitrogens with one attached hydrogen (secondary N) is 2. The van der Waals surface area contributed by atoms with E-state index >= 15 is 0 Å². The van der Waals surface area contributed by atoms with Crippen molar-refractivity contribution in [3.8, 4) is 0 Å². The summed E-state index contributed by atoms with van der Waals surface area (Å²) in [6, 6.07) is 2.69. The fourth-order valence-corrected chi connectivity index (χ4v) is 1.89. The lowest BCUT2D eigenvalue weighted by Crippen LogP contribution is -2.43. The first-order valence-electron chi connectivity index (χ1n) is 5.66. The molecule has 1 heterocycles. The van der Waals surface area contributed by atoms with Gasteiger partial charge in [0.2, 0.25) is 5.91 Å². The highest BCUT2D eigenvalue weighted by Crippen LogP contribution is 2.16. The number of benzene rings is 1. The van der Waals surface area contributed by atoms with E-state index < -0.39 is 11.6 Å². The standard InChI is InChI=1S/C12H14F2N2O/c13-8-4-5-9(14)11(7-8)16-12(17)10-3-1-2-6-15-10/h4-5,7,10,15H,1-3,6H2,(H,16,17)/t10-/m1/s1. The van der Waals surface area contributed by atoms with Crippen molar-refractivity contribution in [3.63, 3.8) is 0 Å². The van der Waals surface area contributed by atoms with Gasteiger partial charge >= 0.3 is 0 Å². The maximum Gasteiger partial charge on any atom is 0.241 e. The smallest absolute Gasteiger partial charge is 0.241 e. The molecule has 1 atom stereocenters. The summed E-state index contributed by atoms with van der Waals surface area (Å²) in [5.74, 6) is -1.51. The Bertz CT molecular complexity index is 417. The van der Waals surface area contributed by atoms with Gasteiger partial charge in [-0.05, 0) is 31.5 Å². The molecule has 1 fully saturated rings. The Morgan fingerprint density at radius 1 is 1.35 bits per heavy atom. The van der Waals surface area contributed by atoms with E-state index in [1.54, 1.807) is 0 Å². The van der Waals surface area contributed by atoms with Crippen LogP contribution in [0.2, 0.25) is 0 Å². The monoisotopic (exact) mass is 240 g/mol. The van der Waals surface area contributed by atoms with Crippen molar-refractivity contribution < 1.29 is 13.6 Å². The minimum Gasteiger partial charge on any atom is -0.322 e. The topological polar surface area (TPSA) is 41.1 Å². The Balaban J connectivity index is 2.04. The van der Waals surface area contributed by atoms with E-state index in [2.05, 4.69) is 10.6 Å². The molecule has 1 aliphatic rings. The van der Waals surface area contributed by atoms with Crippen LogP contribution in [0, 0.1) is 11.6 Å². The minimum atomic E-state index is -0.629. The molecule has 2 N–H and O–H groups in total. The Morgan fingerprint density at radius 2 is 2.18 bits per heavy atom. The zero-order valence-electron chi connectivity index (χ0n) is 9.30. The molecule has 0 spiro atoms. The molecule has 17 heavy (non-hydrogen) atoms. The van der Waals surface area contributed by atoms with Crippen LogP contribution in [0.25, 0.3) is 0 Å². The lowest BCUT2D eigenvalue weighted by molar-refractivity contribution is -0.118. The maximum atomic E-state index is 13.3. The molecule has 1 aromatic rings. The zero-order valence-corrected chi connectivity index (χ0v) is 9.30. The lowest BCUT2D eigenvalue weighted by Gasteiger charge is -2.22. The predicted octanol–water partition coefficient (Wildman–Crippen LogP) is 2.05. The molecule has 0 radical (unpaired) electrons. The number of halogens is 2. The van der Waals surface area contributed by atoms with Crippen molar-refractivity contribution in [3.05, 3.63) is 29.8 Å². The summed E-state index contributed by atoms with van der Waals surface area (Å²) in [6.07, 6.45) is 2.73. The van der Waals surface area contributed by atoms with Crippen LogP contribution in [0.3, 0.4) is 0 Å². The Hall–Kier alpha value is -1.49. The molecule has 5 heteroatoms. The van der Waals surface area contributed by atoms with Crippen molar-refractivity contribution >= 4 is 11.6 Å². The van der Waals surface area contributed by atoms with Crippen LogP contribution in [0.5, 0.6) is 0 Å². The molecule has 0 unspecified atom stereocenters. The molecule has 2 rings (SSSR count). The second kappa shape index (κ2) is 5.23. The Morgan fingerprint density at radius 3 is 2.88 bits per heavy atom. The molecule has 1 aliphatic heterocycles. The Kier molecular flexibility index (Phi) is 3.68. The normalized spacial score (nSPS) is 20.0. The molecule has 3 nitrogen and oxygen atoms in total. The number of anilines is 1. The Labute approximate surface area is 98.2 Å². The highest BCUT2D eigenvalue weighted by molar-refractivity contribution is 5.94. The molecule has 0 aromatic heterocycles. The summed E-state index contributed by atoms with van der Waals surface area (Å²) in [7, 11) is 0. The summed E-state index contributed by atoms with van der Waals surface area (Å²) < 4.78 is 26.2. The number of hydrogen-bond acceptors (Lipinski definition) is 2. The first-order chi connectivity index (χ1) is 8.16. The summed E-state index contributed by atoms with van der Waals surface area (Å²) in [4.78, 5) is 11.8. The van der Waals surface area contributed by atoms with Crippen LogP contribution >= 0.6 is 0 Å². The fraction of sp³-hybridized carbons (Fsp3) is 0.417. The van der Waals surface area contributed by atoms with Gasteiger partial charge in [-0.25, -0.2) is 8.78 Å². The number of amides is 1. The second-order valence-corrected chi connectivity index (χ2v) is 4.12. The van der Waals surface area contributed by atoms with E-state index in [9.17, 15) is 13.6 Å². The van der Waals surface area contributed by atoms with Crippen LogP contribution in [-0.2, 0) is 4.79 Å². The first-order valence-corrected chi connectivity index (χ1v) is 5.66. The SMILES string of the molecule is O=C(Nc1cc(F)ccc1F)[C@H]1CCCCN1. The van der Waals surface area contributed by atoms with E-state index in [1.165, 1.54) is 0 Å². The van der Waals surface area contributed by atoms with Crippen molar-refractivity contribution in [1.29, 1.82) is 0 Å². The van der Waals surface area contributed by atoms with Gasteiger partial charge in [-0.15, -0.1) is 0 Å². The minimum absolute atomic E-state index is 0.109. The summed E-state index contributed by atoms with van der Waals surface area (Å²) in [5, 5.41) is 5.45. The van der Waals surface area contributed by atoms with Gasteiger partial charge in [0.15, 0.2) is 0 Å².